The molecule has 1 aromatic heterocycles. The lowest BCUT2D eigenvalue weighted by Gasteiger charge is -2.30. The second-order valence-corrected chi connectivity index (χ2v) is 7.57. The van der Waals surface area contributed by atoms with Gasteiger partial charge in [-0.1, -0.05) is 19.1 Å². The molecule has 1 saturated heterocycles. The van der Waals surface area contributed by atoms with E-state index in [1.54, 1.807) is 6.33 Å². The molecule has 2 aromatic rings. The van der Waals surface area contributed by atoms with Gasteiger partial charge in [0.2, 0.25) is 0 Å². The maximum Gasteiger partial charge on any atom is 0.321 e. The van der Waals surface area contributed by atoms with Crippen LogP contribution >= 0.6 is 0 Å². The van der Waals surface area contributed by atoms with E-state index in [1.165, 1.54) is 6.42 Å². The maximum atomic E-state index is 13.0. The smallest absolute Gasteiger partial charge is 0.321 e. The summed E-state index contributed by atoms with van der Waals surface area (Å²) in [6, 6.07) is 7.88. The Kier molecular flexibility index (Phi) is 7.03. The van der Waals surface area contributed by atoms with Gasteiger partial charge in [0, 0.05) is 31.3 Å². The van der Waals surface area contributed by atoms with E-state index >= 15 is 0 Å². The highest BCUT2D eigenvalue weighted by Gasteiger charge is 2.22. The van der Waals surface area contributed by atoms with Gasteiger partial charge in [-0.15, -0.1) is 10.2 Å². The number of hydrogen-bond acceptors (Lipinski definition) is 4. The van der Waals surface area contributed by atoms with Gasteiger partial charge in [0.05, 0.1) is 11.8 Å². The van der Waals surface area contributed by atoms with Gasteiger partial charge in [-0.2, -0.15) is 0 Å². The first kappa shape index (κ1) is 20.3. The van der Waals surface area contributed by atoms with Gasteiger partial charge in [0.15, 0.2) is 5.82 Å². The van der Waals surface area contributed by atoms with Crippen molar-refractivity contribution in [3.63, 3.8) is 0 Å². The number of carbonyl (C=O) groups is 1. The van der Waals surface area contributed by atoms with Crippen LogP contribution in [0.3, 0.4) is 0 Å². The summed E-state index contributed by atoms with van der Waals surface area (Å²) in [5.41, 5.74) is 1.61. The number of carbonyl (C=O) groups excluding carboxylic acids is 1. The number of nitrogens with one attached hydrogen (secondary N) is 1. The largest absolute Gasteiger partial charge is 0.376 e. The highest BCUT2D eigenvalue weighted by molar-refractivity contribution is 5.93. The lowest BCUT2D eigenvalue weighted by molar-refractivity contribution is 0.00162. The molecule has 1 aromatic carbocycles. The normalized spacial score (nSPS) is 16.9. The zero-order chi connectivity index (χ0) is 19.9. The zero-order valence-electron chi connectivity index (χ0n) is 17.1. The summed E-state index contributed by atoms with van der Waals surface area (Å²) in [7, 11) is 0. The van der Waals surface area contributed by atoms with Crippen molar-refractivity contribution < 1.29 is 9.53 Å². The number of benzene rings is 1. The molecule has 7 heteroatoms. The summed E-state index contributed by atoms with van der Waals surface area (Å²) < 4.78 is 7.84. The molecule has 1 fully saturated rings. The number of anilines is 1. The molecule has 1 aliphatic heterocycles. The van der Waals surface area contributed by atoms with Crippen molar-refractivity contribution in [2.45, 2.75) is 58.6 Å². The molecule has 1 aliphatic rings. The summed E-state index contributed by atoms with van der Waals surface area (Å²) in [5, 5.41) is 11.4. The predicted octanol–water partition coefficient (Wildman–Crippen LogP) is 4.34. The molecule has 0 aliphatic carbocycles. The van der Waals surface area contributed by atoms with Crippen LogP contribution in [0.1, 0.15) is 52.5 Å². The van der Waals surface area contributed by atoms with E-state index in [1.807, 2.05) is 33.7 Å². The average molecular weight is 386 g/mol. The van der Waals surface area contributed by atoms with Gasteiger partial charge in [0.25, 0.3) is 0 Å². The third-order valence-corrected chi connectivity index (χ3v) is 5.02. The topological polar surface area (TPSA) is 72.3 Å². The van der Waals surface area contributed by atoms with Crippen LogP contribution in [-0.4, -0.2) is 51.5 Å². The van der Waals surface area contributed by atoms with Crippen LogP contribution < -0.4 is 5.32 Å². The third-order valence-electron chi connectivity index (χ3n) is 5.02. The van der Waals surface area contributed by atoms with E-state index < -0.39 is 0 Å². The van der Waals surface area contributed by atoms with E-state index in [0.29, 0.717) is 13.1 Å². The number of rotatable bonds is 7. The van der Waals surface area contributed by atoms with Gasteiger partial charge in [-0.25, -0.2) is 4.79 Å². The van der Waals surface area contributed by atoms with Crippen molar-refractivity contribution in [1.29, 1.82) is 0 Å². The number of para-hydroxylation sites is 1. The second-order valence-electron chi connectivity index (χ2n) is 7.57. The highest BCUT2D eigenvalue weighted by Crippen LogP contribution is 2.28. The first-order valence-corrected chi connectivity index (χ1v) is 10.3. The van der Waals surface area contributed by atoms with Gasteiger partial charge >= 0.3 is 6.03 Å². The molecule has 2 heterocycles. The number of hydrogen-bond donors (Lipinski definition) is 1. The molecule has 152 valence electrons. The molecule has 0 radical (unpaired) electrons. The molecule has 3 rings (SSSR count). The SMILES string of the molecule is CCCN(CC1CCCCO1)C(=O)Nc1ccccc1-c1nncn1C(C)C. The minimum absolute atomic E-state index is 0.0981. The third kappa shape index (κ3) is 4.90. The fourth-order valence-corrected chi connectivity index (χ4v) is 3.54. The Morgan fingerprint density at radius 3 is 2.89 bits per heavy atom. The van der Waals surface area contributed by atoms with E-state index in [-0.39, 0.29) is 18.2 Å². The van der Waals surface area contributed by atoms with Gasteiger partial charge in [0.1, 0.15) is 6.33 Å². The fraction of sp³-hybridized carbons (Fsp3) is 0.571. The monoisotopic (exact) mass is 385 g/mol. The van der Waals surface area contributed by atoms with Crippen LogP contribution in [0.25, 0.3) is 11.4 Å². The quantitative estimate of drug-likeness (QED) is 0.769. The van der Waals surface area contributed by atoms with Crippen molar-refractivity contribution >= 4 is 11.7 Å². The van der Waals surface area contributed by atoms with Crippen molar-refractivity contribution in [3.8, 4) is 11.4 Å². The first-order chi connectivity index (χ1) is 13.6. The van der Waals surface area contributed by atoms with Crippen LogP contribution in [-0.2, 0) is 4.74 Å². The summed E-state index contributed by atoms with van der Waals surface area (Å²) >= 11 is 0. The Balaban J connectivity index is 1.78. The molecule has 1 unspecified atom stereocenters. The Morgan fingerprint density at radius 2 is 2.18 bits per heavy atom. The van der Waals surface area contributed by atoms with Crippen molar-refractivity contribution in [1.82, 2.24) is 19.7 Å². The average Bonchev–Trinajstić information content (AvgIpc) is 3.19. The van der Waals surface area contributed by atoms with Gasteiger partial charge in [-0.05, 0) is 51.7 Å². The predicted molar refractivity (Wildman–Crippen MR) is 110 cm³/mol. The second kappa shape index (κ2) is 9.68. The van der Waals surface area contributed by atoms with Crippen molar-refractivity contribution in [3.05, 3.63) is 30.6 Å². The van der Waals surface area contributed by atoms with Crippen LogP contribution in [0.5, 0.6) is 0 Å². The molecule has 0 saturated carbocycles. The Hall–Kier alpha value is -2.41. The van der Waals surface area contributed by atoms with E-state index in [0.717, 1.165) is 42.9 Å². The number of aromatic nitrogens is 3. The minimum atomic E-state index is -0.0981. The van der Waals surface area contributed by atoms with Gasteiger partial charge in [-0.3, -0.25) is 0 Å². The summed E-state index contributed by atoms with van der Waals surface area (Å²) in [4.78, 5) is 14.9. The molecule has 7 nitrogen and oxygen atoms in total. The molecule has 28 heavy (non-hydrogen) atoms. The van der Waals surface area contributed by atoms with E-state index in [9.17, 15) is 4.79 Å². The molecule has 2 amide bonds. The molecular formula is C21H31N5O2. The Bertz CT molecular complexity index is 768. The molecular weight excluding hydrogens is 354 g/mol. The van der Waals surface area contributed by atoms with Gasteiger partial charge < -0.3 is 19.5 Å². The molecule has 0 spiro atoms. The Labute approximate surface area is 167 Å². The summed E-state index contributed by atoms with van der Waals surface area (Å²) in [6.07, 6.45) is 6.05. The fourth-order valence-electron chi connectivity index (χ4n) is 3.54. The number of nitrogens with zero attached hydrogens (tertiary/aromatic N) is 4. The van der Waals surface area contributed by atoms with Crippen LogP contribution in [0.2, 0.25) is 0 Å². The lowest BCUT2D eigenvalue weighted by Crippen LogP contribution is -2.42. The zero-order valence-corrected chi connectivity index (χ0v) is 17.1. The highest BCUT2D eigenvalue weighted by atomic mass is 16.5. The standard InChI is InChI=1S/C21H31N5O2/c1-4-12-25(14-17-9-7-8-13-28-17)21(27)23-19-11-6-5-10-18(19)20-24-22-15-26(20)16(2)3/h5-6,10-11,15-17H,4,7-9,12-14H2,1-3H3,(H,23,27). The van der Waals surface area contributed by atoms with E-state index in [4.69, 9.17) is 4.74 Å². The maximum absolute atomic E-state index is 13.0. The molecule has 1 N–H and O–H groups in total. The first-order valence-electron chi connectivity index (χ1n) is 10.3. The summed E-state index contributed by atoms with van der Waals surface area (Å²) in [5.74, 6) is 0.753. The van der Waals surface area contributed by atoms with Crippen LogP contribution in [0.4, 0.5) is 10.5 Å². The minimum Gasteiger partial charge on any atom is -0.376 e. The lowest BCUT2D eigenvalue weighted by atomic mass is 10.1. The van der Waals surface area contributed by atoms with E-state index in [2.05, 4.69) is 36.3 Å². The van der Waals surface area contributed by atoms with Crippen LogP contribution in [0.15, 0.2) is 30.6 Å². The number of urea groups is 1. The number of ether oxygens (including phenoxy) is 1. The van der Waals surface area contributed by atoms with Crippen molar-refractivity contribution in [2.75, 3.05) is 25.0 Å². The number of amides is 2. The summed E-state index contributed by atoms with van der Waals surface area (Å²) in [6.45, 7) is 8.38. The van der Waals surface area contributed by atoms with Crippen LogP contribution in [0, 0.1) is 0 Å². The molecule has 1 atom stereocenters. The molecule has 0 bridgehead atoms. The Morgan fingerprint density at radius 1 is 1.36 bits per heavy atom. The van der Waals surface area contributed by atoms with Crippen molar-refractivity contribution in [2.24, 2.45) is 0 Å².